The van der Waals surface area contributed by atoms with Crippen LogP contribution < -0.4 is 4.72 Å². The molecule has 2 aromatic rings. The fourth-order valence-corrected chi connectivity index (χ4v) is 4.71. The van der Waals surface area contributed by atoms with Gasteiger partial charge >= 0.3 is 5.97 Å². The molecule has 0 spiro atoms. The van der Waals surface area contributed by atoms with Crippen molar-refractivity contribution in [3.63, 3.8) is 0 Å². The Bertz CT molecular complexity index is 755. The number of hydrogen-bond donors (Lipinski definition) is 1. The summed E-state index contributed by atoms with van der Waals surface area (Å²) in [5.74, 6) is -0.552. The molecule has 0 atom stereocenters. The number of thiophene rings is 1. The number of carbonyl (C=O) groups excluding carboxylic acids is 1. The second kappa shape index (κ2) is 6.59. The van der Waals surface area contributed by atoms with Crippen molar-refractivity contribution in [2.75, 3.05) is 11.3 Å². The summed E-state index contributed by atoms with van der Waals surface area (Å²) in [5.41, 5.74) is 0.206. The van der Waals surface area contributed by atoms with E-state index in [4.69, 9.17) is 4.74 Å². The Labute approximate surface area is 135 Å². The normalized spacial score (nSPS) is 11.1. The van der Waals surface area contributed by atoms with E-state index in [1.165, 1.54) is 12.1 Å². The van der Waals surface area contributed by atoms with Crippen molar-refractivity contribution in [2.24, 2.45) is 0 Å². The van der Waals surface area contributed by atoms with Crippen molar-refractivity contribution in [2.45, 2.75) is 11.8 Å². The minimum absolute atomic E-state index is 0.105. The van der Waals surface area contributed by atoms with Crippen LogP contribution in [0.3, 0.4) is 0 Å². The van der Waals surface area contributed by atoms with Gasteiger partial charge in [0.25, 0.3) is 10.0 Å². The monoisotopic (exact) mass is 389 g/mol. The maximum Gasteiger partial charge on any atom is 0.341 e. The number of ether oxygens (including phenoxy) is 1. The first kappa shape index (κ1) is 16.0. The van der Waals surface area contributed by atoms with Gasteiger partial charge in [-0.05, 0) is 46.4 Å². The zero-order chi connectivity index (χ0) is 15.5. The van der Waals surface area contributed by atoms with Gasteiger partial charge in [-0.1, -0.05) is 12.1 Å². The predicted octanol–water partition coefficient (Wildman–Crippen LogP) is 3.49. The topological polar surface area (TPSA) is 72.5 Å². The average molecular weight is 390 g/mol. The molecule has 0 aliphatic rings. The molecular formula is C13H12BrNO4S2. The Morgan fingerprint density at radius 1 is 1.33 bits per heavy atom. The molecule has 1 heterocycles. The van der Waals surface area contributed by atoms with E-state index in [0.29, 0.717) is 4.47 Å². The van der Waals surface area contributed by atoms with E-state index in [0.717, 1.165) is 11.3 Å². The van der Waals surface area contributed by atoms with Crippen molar-refractivity contribution < 1.29 is 17.9 Å². The third kappa shape index (κ3) is 3.63. The Morgan fingerprint density at radius 2 is 2.05 bits per heavy atom. The van der Waals surface area contributed by atoms with Crippen LogP contribution in [-0.2, 0) is 14.8 Å². The number of benzene rings is 1. The van der Waals surface area contributed by atoms with Crippen LogP contribution in [0.2, 0.25) is 0 Å². The van der Waals surface area contributed by atoms with Crippen LogP contribution in [0, 0.1) is 0 Å². The van der Waals surface area contributed by atoms with Crippen LogP contribution in [0.4, 0.5) is 5.00 Å². The molecule has 112 valence electrons. The molecule has 5 nitrogen and oxygen atoms in total. The summed E-state index contributed by atoms with van der Waals surface area (Å²) in [7, 11) is -3.78. The molecule has 0 unspecified atom stereocenters. The zero-order valence-electron chi connectivity index (χ0n) is 11.0. The molecule has 0 saturated heterocycles. The number of halogens is 1. The van der Waals surface area contributed by atoms with Crippen LogP contribution in [-0.4, -0.2) is 21.0 Å². The summed E-state index contributed by atoms with van der Waals surface area (Å²) in [6, 6.07) is 7.98. The van der Waals surface area contributed by atoms with E-state index < -0.39 is 16.0 Å². The third-order valence-electron chi connectivity index (χ3n) is 2.51. The number of nitrogens with one attached hydrogen (secondary N) is 1. The van der Waals surface area contributed by atoms with Crippen molar-refractivity contribution in [1.82, 2.24) is 0 Å². The van der Waals surface area contributed by atoms with Crippen LogP contribution >= 0.6 is 27.3 Å². The standard InChI is InChI=1S/C13H12BrNO4S2/c1-2-19-13(16)9-7-8-20-12(9)15-21(17,18)11-6-4-3-5-10(11)14/h3-8,15H,2H2,1H3. The molecule has 0 saturated carbocycles. The lowest BCUT2D eigenvalue weighted by molar-refractivity contribution is 0.0528. The van der Waals surface area contributed by atoms with E-state index in [2.05, 4.69) is 20.7 Å². The van der Waals surface area contributed by atoms with Gasteiger partial charge in [0, 0.05) is 4.47 Å². The van der Waals surface area contributed by atoms with Gasteiger partial charge < -0.3 is 4.74 Å². The molecule has 21 heavy (non-hydrogen) atoms. The maximum absolute atomic E-state index is 12.4. The second-order valence-corrected chi connectivity index (χ2v) is 7.34. The first-order valence-electron chi connectivity index (χ1n) is 5.97. The van der Waals surface area contributed by atoms with Gasteiger partial charge in [0.1, 0.15) is 9.90 Å². The Morgan fingerprint density at radius 3 is 2.71 bits per heavy atom. The highest BCUT2D eigenvalue weighted by atomic mass is 79.9. The lowest BCUT2D eigenvalue weighted by atomic mass is 10.3. The fourth-order valence-electron chi connectivity index (χ4n) is 1.60. The molecule has 2 rings (SSSR count). The zero-order valence-corrected chi connectivity index (χ0v) is 14.2. The first-order chi connectivity index (χ1) is 9.95. The Hall–Kier alpha value is -1.38. The summed E-state index contributed by atoms with van der Waals surface area (Å²) >= 11 is 4.33. The van der Waals surface area contributed by atoms with Gasteiger partial charge in [-0.3, -0.25) is 4.72 Å². The molecule has 0 radical (unpaired) electrons. The highest BCUT2D eigenvalue weighted by molar-refractivity contribution is 9.10. The molecule has 0 amide bonds. The molecule has 0 aliphatic carbocycles. The number of sulfonamides is 1. The van der Waals surface area contributed by atoms with Crippen LogP contribution in [0.25, 0.3) is 0 Å². The quantitative estimate of drug-likeness (QED) is 0.794. The third-order valence-corrected chi connectivity index (χ3v) is 5.83. The van der Waals surface area contributed by atoms with E-state index in [-0.39, 0.29) is 22.1 Å². The van der Waals surface area contributed by atoms with Gasteiger partial charge in [-0.2, -0.15) is 0 Å². The van der Waals surface area contributed by atoms with Crippen LogP contribution in [0.15, 0.2) is 45.1 Å². The van der Waals surface area contributed by atoms with E-state index in [1.807, 2.05) is 0 Å². The van der Waals surface area contributed by atoms with Crippen molar-refractivity contribution in [1.29, 1.82) is 0 Å². The van der Waals surface area contributed by atoms with Crippen molar-refractivity contribution >= 4 is 48.3 Å². The summed E-state index contributed by atoms with van der Waals surface area (Å²) in [6.07, 6.45) is 0. The Balaban J connectivity index is 2.33. The van der Waals surface area contributed by atoms with Gasteiger partial charge in [0.05, 0.1) is 12.2 Å². The van der Waals surface area contributed by atoms with Gasteiger partial charge in [-0.25, -0.2) is 13.2 Å². The number of anilines is 1. The van der Waals surface area contributed by atoms with Crippen LogP contribution in [0.5, 0.6) is 0 Å². The lowest BCUT2D eigenvalue weighted by Gasteiger charge is -2.09. The summed E-state index contributed by atoms with van der Waals surface area (Å²) < 4.78 is 32.5. The largest absolute Gasteiger partial charge is 0.462 e. The van der Waals surface area contributed by atoms with Gasteiger partial charge in [-0.15, -0.1) is 11.3 Å². The molecule has 0 aliphatic heterocycles. The Kier molecular flexibility index (Phi) is 5.02. The predicted molar refractivity (Wildman–Crippen MR) is 85.2 cm³/mol. The fraction of sp³-hybridized carbons (Fsp3) is 0.154. The lowest BCUT2D eigenvalue weighted by Crippen LogP contribution is -2.15. The van der Waals surface area contributed by atoms with Crippen molar-refractivity contribution in [3.05, 3.63) is 45.7 Å². The molecule has 1 aromatic carbocycles. The molecule has 0 bridgehead atoms. The number of rotatable bonds is 5. The minimum atomic E-state index is -3.78. The summed E-state index contributed by atoms with van der Waals surface area (Å²) in [5, 5.41) is 1.87. The van der Waals surface area contributed by atoms with E-state index in [1.54, 1.807) is 30.5 Å². The van der Waals surface area contributed by atoms with Gasteiger partial charge in [0.2, 0.25) is 0 Å². The SMILES string of the molecule is CCOC(=O)c1ccsc1NS(=O)(=O)c1ccccc1Br. The molecule has 1 aromatic heterocycles. The minimum Gasteiger partial charge on any atom is -0.462 e. The molecule has 0 fully saturated rings. The molecule has 1 N–H and O–H groups in total. The maximum atomic E-state index is 12.4. The van der Waals surface area contributed by atoms with E-state index in [9.17, 15) is 13.2 Å². The number of hydrogen-bond acceptors (Lipinski definition) is 5. The van der Waals surface area contributed by atoms with Gasteiger partial charge in [0.15, 0.2) is 0 Å². The summed E-state index contributed by atoms with van der Waals surface area (Å²) in [6.45, 7) is 1.92. The highest BCUT2D eigenvalue weighted by Gasteiger charge is 2.22. The first-order valence-corrected chi connectivity index (χ1v) is 9.13. The van der Waals surface area contributed by atoms with E-state index >= 15 is 0 Å². The highest BCUT2D eigenvalue weighted by Crippen LogP contribution is 2.29. The van der Waals surface area contributed by atoms with Crippen LogP contribution in [0.1, 0.15) is 17.3 Å². The summed E-state index contributed by atoms with van der Waals surface area (Å²) in [4.78, 5) is 11.9. The number of carbonyl (C=O) groups is 1. The average Bonchev–Trinajstić information content (AvgIpc) is 2.86. The molecule has 8 heteroatoms. The smallest absolute Gasteiger partial charge is 0.341 e. The number of esters is 1. The van der Waals surface area contributed by atoms with Crippen molar-refractivity contribution in [3.8, 4) is 0 Å². The molecular weight excluding hydrogens is 378 g/mol. The second-order valence-electron chi connectivity index (χ2n) is 3.92.